The SMILES string of the molecule is CCC(C)(CNC1CC1)Cc1ccco1. The molecule has 1 heterocycles. The Labute approximate surface area is 92.1 Å². The smallest absolute Gasteiger partial charge is 0.104 e. The summed E-state index contributed by atoms with van der Waals surface area (Å²) in [6.07, 6.45) is 6.71. The third-order valence-corrected chi connectivity index (χ3v) is 3.43. The fraction of sp³-hybridized carbons (Fsp3) is 0.692. The van der Waals surface area contributed by atoms with Gasteiger partial charge in [0.05, 0.1) is 6.26 Å². The van der Waals surface area contributed by atoms with E-state index in [1.807, 2.05) is 6.07 Å². The first-order valence-electron chi connectivity index (χ1n) is 5.98. The average Bonchev–Trinajstić information content (AvgIpc) is 2.94. The van der Waals surface area contributed by atoms with Crippen LogP contribution in [-0.4, -0.2) is 12.6 Å². The minimum Gasteiger partial charge on any atom is -0.469 e. The summed E-state index contributed by atoms with van der Waals surface area (Å²) in [6.45, 7) is 5.71. The van der Waals surface area contributed by atoms with E-state index in [0.717, 1.165) is 24.8 Å². The van der Waals surface area contributed by atoms with Gasteiger partial charge in [-0.1, -0.05) is 13.8 Å². The maximum Gasteiger partial charge on any atom is 0.104 e. The van der Waals surface area contributed by atoms with Gasteiger partial charge in [0, 0.05) is 19.0 Å². The van der Waals surface area contributed by atoms with Crippen LogP contribution in [0.4, 0.5) is 0 Å². The van der Waals surface area contributed by atoms with Crippen molar-refractivity contribution >= 4 is 0 Å². The molecule has 0 spiro atoms. The van der Waals surface area contributed by atoms with E-state index < -0.39 is 0 Å². The van der Waals surface area contributed by atoms with Crippen molar-refractivity contribution in [2.45, 2.75) is 45.6 Å². The van der Waals surface area contributed by atoms with E-state index in [9.17, 15) is 0 Å². The predicted molar refractivity (Wildman–Crippen MR) is 61.8 cm³/mol. The van der Waals surface area contributed by atoms with Crippen molar-refractivity contribution in [3.05, 3.63) is 24.2 Å². The van der Waals surface area contributed by atoms with Gasteiger partial charge in [-0.05, 0) is 36.8 Å². The molecular formula is C13H21NO. The highest BCUT2D eigenvalue weighted by atomic mass is 16.3. The summed E-state index contributed by atoms with van der Waals surface area (Å²) in [4.78, 5) is 0. The molecule has 1 fully saturated rings. The Bertz CT molecular complexity index is 289. The van der Waals surface area contributed by atoms with Crippen LogP contribution in [0, 0.1) is 5.41 Å². The second-order valence-electron chi connectivity index (χ2n) is 5.08. The van der Waals surface area contributed by atoms with E-state index in [1.165, 1.54) is 19.3 Å². The quantitative estimate of drug-likeness (QED) is 0.775. The van der Waals surface area contributed by atoms with Crippen molar-refractivity contribution in [3.63, 3.8) is 0 Å². The molecule has 0 bridgehead atoms. The fourth-order valence-electron chi connectivity index (χ4n) is 1.82. The zero-order valence-corrected chi connectivity index (χ0v) is 9.75. The van der Waals surface area contributed by atoms with Gasteiger partial charge >= 0.3 is 0 Å². The van der Waals surface area contributed by atoms with Crippen molar-refractivity contribution < 1.29 is 4.42 Å². The molecule has 0 radical (unpaired) electrons. The van der Waals surface area contributed by atoms with Crippen molar-refractivity contribution in [1.82, 2.24) is 5.32 Å². The summed E-state index contributed by atoms with van der Waals surface area (Å²) in [5.74, 6) is 1.11. The lowest BCUT2D eigenvalue weighted by Crippen LogP contribution is -2.34. The summed E-state index contributed by atoms with van der Waals surface area (Å²) < 4.78 is 5.43. The Morgan fingerprint density at radius 1 is 1.53 bits per heavy atom. The number of rotatable bonds is 6. The highest BCUT2D eigenvalue weighted by Crippen LogP contribution is 2.28. The fourth-order valence-corrected chi connectivity index (χ4v) is 1.82. The first-order valence-corrected chi connectivity index (χ1v) is 5.98. The second-order valence-corrected chi connectivity index (χ2v) is 5.08. The number of hydrogen-bond donors (Lipinski definition) is 1. The molecule has 1 aromatic heterocycles. The number of furan rings is 1. The van der Waals surface area contributed by atoms with E-state index in [4.69, 9.17) is 4.42 Å². The van der Waals surface area contributed by atoms with Crippen LogP contribution in [0.5, 0.6) is 0 Å². The van der Waals surface area contributed by atoms with Crippen LogP contribution >= 0.6 is 0 Å². The van der Waals surface area contributed by atoms with Crippen LogP contribution < -0.4 is 5.32 Å². The number of hydrogen-bond acceptors (Lipinski definition) is 2. The molecule has 0 saturated heterocycles. The maximum absolute atomic E-state index is 5.43. The van der Waals surface area contributed by atoms with Gasteiger partial charge in [-0.25, -0.2) is 0 Å². The molecule has 2 rings (SSSR count). The van der Waals surface area contributed by atoms with Gasteiger partial charge in [0.15, 0.2) is 0 Å². The summed E-state index contributed by atoms with van der Waals surface area (Å²) in [6, 6.07) is 4.84. The molecule has 1 aliphatic carbocycles. The van der Waals surface area contributed by atoms with Crippen molar-refractivity contribution in [3.8, 4) is 0 Å². The molecule has 15 heavy (non-hydrogen) atoms. The summed E-state index contributed by atoms with van der Waals surface area (Å²) in [5.41, 5.74) is 0.334. The monoisotopic (exact) mass is 207 g/mol. The van der Waals surface area contributed by atoms with Crippen molar-refractivity contribution in [1.29, 1.82) is 0 Å². The van der Waals surface area contributed by atoms with Gasteiger partial charge in [0.25, 0.3) is 0 Å². The van der Waals surface area contributed by atoms with Crippen LogP contribution in [0.1, 0.15) is 38.9 Å². The normalized spacial score (nSPS) is 20.1. The lowest BCUT2D eigenvalue weighted by atomic mass is 9.83. The van der Waals surface area contributed by atoms with Gasteiger partial charge < -0.3 is 9.73 Å². The zero-order chi connectivity index (χ0) is 10.7. The Balaban J connectivity index is 1.87. The largest absolute Gasteiger partial charge is 0.469 e. The molecule has 2 heteroatoms. The van der Waals surface area contributed by atoms with Crippen LogP contribution in [0.2, 0.25) is 0 Å². The van der Waals surface area contributed by atoms with Crippen molar-refractivity contribution in [2.75, 3.05) is 6.54 Å². The molecule has 0 aromatic carbocycles. The highest BCUT2D eigenvalue weighted by Gasteiger charge is 2.28. The molecule has 0 amide bonds. The average molecular weight is 207 g/mol. The van der Waals surface area contributed by atoms with E-state index in [1.54, 1.807) is 6.26 Å². The molecule has 0 aliphatic heterocycles. The Morgan fingerprint density at radius 3 is 2.87 bits per heavy atom. The molecule has 1 N–H and O–H groups in total. The van der Waals surface area contributed by atoms with E-state index >= 15 is 0 Å². The van der Waals surface area contributed by atoms with Crippen LogP contribution in [0.25, 0.3) is 0 Å². The molecule has 84 valence electrons. The van der Waals surface area contributed by atoms with Crippen LogP contribution in [-0.2, 0) is 6.42 Å². The zero-order valence-electron chi connectivity index (χ0n) is 9.75. The second kappa shape index (κ2) is 4.40. The first-order chi connectivity index (χ1) is 7.22. The van der Waals surface area contributed by atoms with E-state index in [0.29, 0.717) is 5.41 Å². The molecule has 2 nitrogen and oxygen atoms in total. The Hall–Kier alpha value is -0.760. The van der Waals surface area contributed by atoms with Gasteiger partial charge in [0.2, 0.25) is 0 Å². The summed E-state index contributed by atoms with van der Waals surface area (Å²) in [7, 11) is 0. The molecule has 1 atom stereocenters. The third-order valence-electron chi connectivity index (χ3n) is 3.43. The van der Waals surface area contributed by atoms with E-state index in [-0.39, 0.29) is 0 Å². The number of nitrogens with one attached hydrogen (secondary N) is 1. The lowest BCUT2D eigenvalue weighted by molar-refractivity contribution is 0.268. The molecule has 1 aliphatic rings. The standard InChI is InChI=1S/C13H21NO/c1-3-13(2,10-14-11-6-7-11)9-12-5-4-8-15-12/h4-5,8,11,14H,3,6-7,9-10H2,1-2H3. The van der Waals surface area contributed by atoms with E-state index in [2.05, 4.69) is 25.2 Å². The van der Waals surface area contributed by atoms with Gasteiger partial charge in [-0.15, -0.1) is 0 Å². The third kappa shape index (κ3) is 3.10. The Kier molecular flexibility index (Phi) is 3.15. The van der Waals surface area contributed by atoms with Gasteiger partial charge in [-0.3, -0.25) is 0 Å². The first kappa shape index (κ1) is 10.7. The topological polar surface area (TPSA) is 25.2 Å². The van der Waals surface area contributed by atoms with Gasteiger partial charge in [0.1, 0.15) is 5.76 Å². The summed E-state index contributed by atoms with van der Waals surface area (Å²) >= 11 is 0. The van der Waals surface area contributed by atoms with Gasteiger partial charge in [-0.2, -0.15) is 0 Å². The van der Waals surface area contributed by atoms with Crippen LogP contribution in [0.15, 0.2) is 22.8 Å². The molecular weight excluding hydrogens is 186 g/mol. The Morgan fingerprint density at radius 2 is 2.33 bits per heavy atom. The van der Waals surface area contributed by atoms with Crippen LogP contribution in [0.3, 0.4) is 0 Å². The highest BCUT2D eigenvalue weighted by molar-refractivity contribution is 5.02. The molecule has 1 aromatic rings. The maximum atomic E-state index is 5.43. The molecule has 1 saturated carbocycles. The predicted octanol–water partition coefficient (Wildman–Crippen LogP) is 2.99. The summed E-state index contributed by atoms with van der Waals surface area (Å²) in [5, 5.41) is 3.62. The minimum absolute atomic E-state index is 0.334. The molecule has 1 unspecified atom stereocenters. The van der Waals surface area contributed by atoms with Crippen molar-refractivity contribution in [2.24, 2.45) is 5.41 Å². The minimum atomic E-state index is 0.334. The lowest BCUT2D eigenvalue weighted by Gasteiger charge is -2.27.